The molecule has 3 N–H and O–H groups in total. The van der Waals surface area contributed by atoms with E-state index in [1.165, 1.54) is 12.1 Å². The highest BCUT2D eigenvalue weighted by Gasteiger charge is 2.40. The average molecular weight is 335 g/mol. The summed E-state index contributed by atoms with van der Waals surface area (Å²) >= 11 is 0. The summed E-state index contributed by atoms with van der Waals surface area (Å²) < 4.78 is 13.5. The van der Waals surface area contributed by atoms with Crippen molar-refractivity contribution in [1.29, 1.82) is 0 Å². The molecule has 0 saturated heterocycles. The van der Waals surface area contributed by atoms with Gasteiger partial charge in [-0.05, 0) is 44.6 Å². The van der Waals surface area contributed by atoms with Crippen molar-refractivity contribution in [3.8, 4) is 0 Å². The van der Waals surface area contributed by atoms with Crippen molar-refractivity contribution in [2.75, 3.05) is 14.1 Å². The van der Waals surface area contributed by atoms with Crippen molar-refractivity contribution < 1.29 is 14.0 Å². The van der Waals surface area contributed by atoms with Gasteiger partial charge in [-0.25, -0.2) is 4.39 Å². The quantitative estimate of drug-likeness (QED) is 0.809. The highest BCUT2D eigenvalue weighted by atomic mass is 19.1. The fourth-order valence-corrected chi connectivity index (χ4v) is 3.43. The third-order valence-electron chi connectivity index (χ3n) is 4.72. The van der Waals surface area contributed by atoms with E-state index < -0.39 is 23.3 Å². The Morgan fingerprint density at radius 1 is 1.21 bits per heavy atom. The van der Waals surface area contributed by atoms with Crippen LogP contribution in [0.4, 0.5) is 4.39 Å². The van der Waals surface area contributed by atoms with E-state index in [4.69, 9.17) is 5.73 Å². The standard InChI is InChI=1S/C18H26FN3O2/c1-22(2)15(13-8-7-9-14(19)12-13)16(23)21-18(17(20)24)10-5-3-4-6-11-18/h7-9,12,15H,3-6,10-11H2,1-2H3,(H2,20,24)(H,21,23)/t15-/m0/s1. The lowest BCUT2D eigenvalue weighted by atomic mass is 9.88. The first-order valence-electron chi connectivity index (χ1n) is 8.39. The number of nitrogens with two attached hydrogens (primary N) is 1. The Balaban J connectivity index is 2.27. The normalized spacial score (nSPS) is 18.7. The zero-order valence-corrected chi connectivity index (χ0v) is 14.3. The van der Waals surface area contributed by atoms with Gasteiger partial charge in [0, 0.05) is 0 Å². The number of nitrogens with zero attached hydrogens (tertiary/aromatic N) is 1. The Kier molecular flexibility index (Phi) is 5.94. The largest absolute Gasteiger partial charge is 0.368 e. The highest BCUT2D eigenvalue weighted by Crippen LogP contribution is 2.29. The van der Waals surface area contributed by atoms with Crippen LogP contribution in [0, 0.1) is 5.82 Å². The minimum atomic E-state index is -1.00. The zero-order valence-electron chi connectivity index (χ0n) is 14.3. The Morgan fingerprint density at radius 3 is 2.33 bits per heavy atom. The molecule has 1 saturated carbocycles. The Morgan fingerprint density at radius 2 is 1.83 bits per heavy atom. The summed E-state index contributed by atoms with van der Waals surface area (Å²) in [5.74, 6) is -1.22. The molecule has 1 fully saturated rings. The Hall–Kier alpha value is -1.95. The van der Waals surface area contributed by atoms with Gasteiger partial charge < -0.3 is 11.1 Å². The monoisotopic (exact) mass is 335 g/mol. The van der Waals surface area contributed by atoms with Crippen molar-refractivity contribution in [2.24, 2.45) is 5.73 Å². The van der Waals surface area contributed by atoms with Crippen LogP contribution >= 0.6 is 0 Å². The van der Waals surface area contributed by atoms with E-state index in [2.05, 4.69) is 5.32 Å². The molecule has 1 aromatic carbocycles. The number of hydrogen-bond donors (Lipinski definition) is 2. The maximum absolute atomic E-state index is 13.5. The molecule has 0 aliphatic heterocycles. The van der Waals surface area contributed by atoms with E-state index in [1.807, 2.05) is 0 Å². The van der Waals surface area contributed by atoms with Crippen molar-refractivity contribution in [1.82, 2.24) is 10.2 Å². The molecule has 6 heteroatoms. The molecule has 0 unspecified atom stereocenters. The van der Waals surface area contributed by atoms with Crippen LogP contribution in [-0.2, 0) is 9.59 Å². The molecule has 0 aromatic heterocycles. The molecule has 2 amide bonds. The lowest BCUT2D eigenvalue weighted by molar-refractivity contribution is -0.134. The van der Waals surface area contributed by atoms with Gasteiger partial charge in [-0.3, -0.25) is 14.5 Å². The number of halogens is 1. The number of primary amides is 1. The predicted molar refractivity (Wildman–Crippen MR) is 90.6 cm³/mol. The van der Waals surface area contributed by atoms with Crippen LogP contribution in [0.3, 0.4) is 0 Å². The van der Waals surface area contributed by atoms with E-state index in [9.17, 15) is 14.0 Å². The number of likely N-dealkylation sites (N-methyl/N-ethyl adjacent to an activating group) is 1. The first-order chi connectivity index (χ1) is 11.4. The molecule has 0 bridgehead atoms. The van der Waals surface area contributed by atoms with Crippen LogP contribution in [-0.4, -0.2) is 36.3 Å². The van der Waals surface area contributed by atoms with Gasteiger partial charge in [-0.15, -0.1) is 0 Å². The number of carbonyl (C=O) groups excluding carboxylic acids is 2. The maximum Gasteiger partial charge on any atom is 0.243 e. The van der Waals surface area contributed by atoms with Gasteiger partial charge in [0.15, 0.2) is 0 Å². The minimum absolute atomic E-state index is 0.327. The summed E-state index contributed by atoms with van der Waals surface area (Å²) in [5, 5.41) is 2.89. The van der Waals surface area contributed by atoms with Gasteiger partial charge in [0.2, 0.25) is 11.8 Å². The molecule has 5 nitrogen and oxygen atoms in total. The van der Waals surface area contributed by atoms with E-state index in [-0.39, 0.29) is 5.91 Å². The molecule has 1 aliphatic carbocycles. The van der Waals surface area contributed by atoms with Crippen LogP contribution in [0.2, 0.25) is 0 Å². The SMILES string of the molecule is CN(C)[C@H](C(=O)NC1(C(N)=O)CCCCCC1)c1cccc(F)c1. The average Bonchev–Trinajstić information content (AvgIpc) is 2.73. The molecule has 0 spiro atoms. The third-order valence-corrected chi connectivity index (χ3v) is 4.72. The third kappa shape index (κ3) is 4.12. The topological polar surface area (TPSA) is 75.4 Å². The van der Waals surface area contributed by atoms with Crippen molar-refractivity contribution in [2.45, 2.75) is 50.1 Å². The second-order valence-corrected chi connectivity index (χ2v) is 6.77. The predicted octanol–water partition coefficient (Wildman–Crippen LogP) is 2.12. The number of benzene rings is 1. The Bertz CT molecular complexity index is 596. The van der Waals surface area contributed by atoms with Crippen LogP contribution < -0.4 is 11.1 Å². The van der Waals surface area contributed by atoms with E-state index in [0.717, 1.165) is 25.7 Å². The molecular weight excluding hydrogens is 309 g/mol. The van der Waals surface area contributed by atoms with Gasteiger partial charge in [0.05, 0.1) is 0 Å². The summed E-state index contributed by atoms with van der Waals surface area (Å²) in [6.07, 6.45) is 4.89. The van der Waals surface area contributed by atoms with Crippen molar-refractivity contribution in [3.63, 3.8) is 0 Å². The molecular formula is C18H26FN3O2. The smallest absolute Gasteiger partial charge is 0.243 e. The maximum atomic E-state index is 13.5. The van der Waals surface area contributed by atoms with Crippen molar-refractivity contribution in [3.05, 3.63) is 35.6 Å². The number of amides is 2. The molecule has 1 aromatic rings. The van der Waals surface area contributed by atoms with Crippen LogP contribution in [0.25, 0.3) is 0 Å². The second kappa shape index (κ2) is 7.75. The zero-order chi connectivity index (χ0) is 17.7. The van der Waals surface area contributed by atoms with Gasteiger partial charge in [0.25, 0.3) is 0 Å². The molecule has 0 radical (unpaired) electrons. The molecule has 2 rings (SSSR count). The van der Waals surface area contributed by atoms with Gasteiger partial charge in [-0.2, -0.15) is 0 Å². The molecule has 132 valence electrons. The summed E-state index contributed by atoms with van der Waals surface area (Å²) in [4.78, 5) is 26.7. The number of carbonyl (C=O) groups is 2. The molecule has 0 heterocycles. The minimum Gasteiger partial charge on any atom is -0.368 e. The van der Waals surface area contributed by atoms with Crippen LogP contribution in [0.15, 0.2) is 24.3 Å². The second-order valence-electron chi connectivity index (χ2n) is 6.77. The Labute approximate surface area is 142 Å². The summed E-state index contributed by atoms with van der Waals surface area (Å²) in [7, 11) is 3.50. The number of hydrogen-bond acceptors (Lipinski definition) is 3. The summed E-state index contributed by atoms with van der Waals surface area (Å²) in [6.45, 7) is 0. The number of rotatable bonds is 5. The molecule has 24 heavy (non-hydrogen) atoms. The van der Waals surface area contributed by atoms with Crippen LogP contribution in [0.5, 0.6) is 0 Å². The lowest BCUT2D eigenvalue weighted by Crippen LogP contribution is -2.59. The summed E-state index contributed by atoms with van der Waals surface area (Å²) in [5.41, 5.74) is 5.17. The highest BCUT2D eigenvalue weighted by molar-refractivity contribution is 5.92. The first-order valence-corrected chi connectivity index (χ1v) is 8.39. The van der Waals surface area contributed by atoms with Crippen molar-refractivity contribution >= 4 is 11.8 Å². The van der Waals surface area contributed by atoms with E-state index in [1.54, 1.807) is 31.1 Å². The summed E-state index contributed by atoms with van der Waals surface area (Å²) in [6, 6.07) is 5.28. The first kappa shape index (κ1) is 18.4. The van der Waals surface area contributed by atoms with Gasteiger partial charge in [-0.1, -0.05) is 37.8 Å². The number of nitrogens with one attached hydrogen (secondary N) is 1. The van der Waals surface area contributed by atoms with Crippen LogP contribution in [0.1, 0.15) is 50.1 Å². The molecule has 1 aliphatic rings. The fraction of sp³-hybridized carbons (Fsp3) is 0.556. The van der Waals surface area contributed by atoms with Gasteiger partial charge >= 0.3 is 0 Å². The molecule has 1 atom stereocenters. The lowest BCUT2D eigenvalue weighted by Gasteiger charge is -2.34. The van der Waals surface area contributed by atoms with Gasteiger partial charge in [0.1, 0.15) is 17.4 Å². The van der Waals surface area contributed by atoms with E-state index >= 15 is 0 Å². The fourth-order valence-electron chi connectivity index (χ4n) is 3.43. The van der Waals surface area contributed by atoms with E-state index in [0.29, 0.717) is 18.4 Å².